The molecule has 0 bridgehead atoms. The Hall–Kier alpha value is -0.370. The average molecular weight is 154 g/mol. The van der Waals surface area contributed by atoms with Gasteiger partial charge in [-0.2, -0.15) is 0 Å². The van der Waals surface area contributed by atoms with Gasteiger partial charge in [-0.1, -0.05) is 0 Å². The molecule has 2 heteroatoms. The van der Waals surface area contributed by atoms with Crippen LogP contribution in [0.2, 0.25) is 0 Å². The molecule has 0 spiro atoms. The lowest BCUT2D eigenvalue weighted by molar-refractivity contribution is 0.114. The van der Waals surface area contributed by atoms with E-state index in [1.807, 2.05) is 0 Å². The van der Waals surface area contributed by atoms with Crippen molar-refractivity contribution in [2.75, 3.05) is 13.1 Å². The molecule has 1 aliphatic heterocycles. The lowest BCUT2D eigenvalue weighted by Crippen LogP contribution is -2.53. The van der Waals surface area contributed by atoms with Crippen molar-refractivity contribution in [1.29, 1.82) is 0 Å². The average Bonchev–Trinajstić information content (AvgIpc) is 1.75. The quantitative estimate of drug-likeness (QED) is 0.551. The van der Waals surface area contributed by atoms with Crippen LogP contribution in [-0.4, -0.2) is 35.8 Å². The molecule has 0 aromatic carbocycles. The van der Waals surface area contributed by atoms with Crippen molar-refractivity contribution < 1.29 is 0 Å². The van der Waals surface area contributed by atoms with E-state index in [9.17, 15) is 0 Å². The first kappa shape index (κ1) is 8.72. The van der Waals surface area contributed by atoms with Crippen LogP contribution in [0.4, 0.5) is 0 Å². The molecule has 1 heterocycles. The van der Waals surface area contributed by atoms with Gasteiger partial charge in [-0.05, 0) is 27.7 Å². The summed E-state index contributed by atoms with van der Waals surface area (Å²) in [5, 5.41) is 0. The Balaban J connectivity index is 2.24. The van der Waals surface area contributed by atoms with Crippen LogP contribution >= 0.6 is 0 Å². The van der Waals surface area contributed by atoms with Gasteiger partial charge >= 0.3 is 0 Å². The molecule has 11 heavy (non-hydrogen) atoms. The highest BCUT2D eigenvalue weighted by molar-refractivity contribution is 5.79. The number of nitrogens with zero attached hydrogens (tertiary/aromatic N) is 2. The fourth-order valence-electron chi connectivity index (χ4n) is 1.36. The highest BCUT2D eigenvalue weighted by atomic mass is 15.2. The standard InChI is InChI=1S/C9H18N2/c1-7(2)10-9-5-11(6-9)8(3)4/h8-9H,5-6H2,1-4H3. The Labute approximate surface area is 69.3 Å². The molecule has 0 atom stereocenters. The Morgan fingerprint density at radius 1 is 1.36 bits per heavy atom. The summed E-state index contributed by atoms with van der Waals surface area (Å²) in [6.45, 7) is 10.9. The second-order valence-corrected chi connectivity index (χ2v) is 3.78. The van der Waals surface area contributed by atoms with Gasteiger partial charge in [-0.3, -0.25) is 9.89 Å². The number of likely N-dealkylation sites (tertiary alicyclic amines) is 1. The third-order valence-electron chi connectivity index (χ3n) is 2.06. The van der Waals surface area contributed by atoms with Gasteiger partial charge in [0.25, 0.3) is 0 Å². The monoisotopic (exact) mass is 154 g/mol. The predicted molar refractivity (Wildman–Crippen MR) is 49.3 cm³/mol. The number of hydrogen-bond donors (Lipinski definition) is 0. The first-order chi connectivity index (χ1) is 5.09. The molecule has 1 saturated heterocycles. The fourth-order valence-corrected chi connectivity index (χ4v) is 1.36. The van der Waals surface area contributed by atoms with Crippen LogP contribution < -0.4 is 0 Å². The summed E-state index contributed by atoms with van der Waals surface area (Å²) in [6, 6.07) is 1.28. The Bertz CT molecular complexity index is 151. The Morgan fingerprint density at radius 3 is 2.27 bits per heavy atom. The molecule has 0 aliphatic carbocycles. The summed E-state index contributed by atoms with van der Waals surface area (Å²) in [5.74, 6) is 0. The summed E-state index contributed by atoms with van der Waals surface area (Å²) < 4.78 is 0. The van der Waals surface area contributed by atoms with E-state index in [-0.39, 0.29) is 0 Å². The second kappa shape index (κ2) is 3.35. The van der Waals surface area contributed by atoms with E-state index in [0.717, 1.165) is 13.1 Å². The van der Waals surface area contributed by atoms with Crippen molar-refractivity contribution in [2.24, 2.45) is 4.99 Å². The number of aliphatic imine (C=N–C) groups is 1. The van der Waals surface area contributed by atoms with E-state index in [0.29, 0.717) is 12.1 Å². The van der Waals surface area contributed by atoms with Crippen LogP contribution in [0, 0.1) is 0 Å². The van der Waals surface area contributed by atoms with Gasteiger partial charge < -0.3 is 0 Å². The van der Waals surface area contributed by atoms with Crippen molar-refractivity contribution in [3.05, 3.63) is 0 Å². The summed E-state index contributed by atoms with van der Waals surface area (Å²) in [5.41, 5.74) is 1.21. The van der Waals surface area contributed by atoms with Crippen LogP contribution in [0.5, 0.6) is 0 Å². The lowest BCUT2D eigenvalue weighted by Gasteiger charge is -2.40. The molecule has 0 unspecified atom stereocenters. The second-order valence-electron chi connectivity index (χ2n) is 3.78. The molecule has 0 radical (unpaired) electrons. The lowest BCUT2D eigenvalue weighted by atomic mass is 10.1. The van der Waals surface area contributed by atoms with E-state index < -0.39 is 0 Å². The van der Waals surface area contributed by atoms with Gasteiger partial charge in [-0.15, -0.1) is 0 Å². The van der Waals surface area contributed by atoms with Crippen LogP contribution in [0.25, 0.3) is 0 Å². The van der Waals surface area contributed by atoms with E-state index in [1.54, 1.807) is 0 Å². The van der Waals surface area contributed by atoms with Crippen LogP contribution in [0.15, 0.2) is 4.99 Å². The largest absolute Gasteiger partial charge is 0.297 e. The van der Waals surface area contributed by atoms with Crippen molar-refractivity contribution in [2.45, 2.75) is 39.8 Å². The Morgan fingerprint density at radius 2 is 1.91 bits per heavy atom. The van der Waals surface area contributed by atoms with Gasteiger partial charge in [0.05, 0.1) is 6.04 Å². The summed E-state index contributed by atoms with van der Waals surface area (Å²) in [7, 11) is 0. The summed E-state index contributed by atoms with van der Waals surface area (Å²) in [4.78, 5) is 6.93. The minimum absolute atomic E-state index is 0.586. The molecule has 0 amide bonds. The minimum Gasteiger partial charge on any atom is -0.297 e. The molecule has 64 valence electrons. The van der Waals surface area contributed by atoms with E-state index in [2.05, 4.69) is 37.6 Å². The fraction of sp³-hybridized carbons (Fsp3) is 0.889. The first-order valence-electron chi connectivity index (χ1n) is 4.34. The van der Waals surface area contributed by atoms with Crippen molar-refractivity contribution >= 4 is 5.71 Å². The van der Waals surface area contributed by atoms with Crippen LogP contribution in [-0.2, 0) is 0 Å². The van der Waals surface area contributed by atoms with Crippen LogP contribution in [0.1, 0.15) is 27.7 Å². The van der Waals surface area contributed by atoms with Crippen molar-refractivity contribution in [3.63, 3.8) is 0 Å². The minimum atomic E-state index is 0.586. The molecular weight excluding hydrogens is 136 g/mol. The maximum atomic E-state index is 4.49. The maximum Gasteiger partial charge on any atom is 0.0752 e. The zero-order chi connectivity index (χ0) is 8.43. The highest BCUT2D eigenvalue weighted by Crippen LogP contribution is 2.14. The normalized spacial score (nSPS) is 20.1. The van der Waals surface area contributed by atoms with Gasteiger partial charge in [0, 0.05) is 24.8 Å². The van der Waals surface area contributed by atoms with Crippen molar-refractivity contribution in [1.82, 2.24) is 4.90 Å². The van der Waals surface area contributed by atoms with Crippen LogP contribution in [0.3, 0.4) is 0 Å². The Kier molecular flexibility index (Phi) is 2.66. The summed E-state index contributed by atoms with van der Waals surface area (Å²) in [6.07, 6.45) is 0. The zero-order valence-corrected chi connectivity index (χ0v) is 7.96. The van der Waals surface area contributed by atoms with Gasteiger partial charge in [-0.25, -0.2) is 0 Å². The molecule has 0 aromatic rings. The maximum absolute atomic E-state index is 4.49. The molecule has 2 nitrogen and oxygen atoms in total. The molecule has 1 aliphatic rings. The van der Waals surface area contributed by atoms with E-state index in [4.69, 9.17) is 0 Å². The van der Waals surface area contributed by atoms with Gasteiger partial charge in [0.2, 0.25) is 0 Å². The first-order valence-corrected chi connectivity index (χ1v) is 4.34. The number of rotatable bonds is 2. The van der Waals surface area contributed by atoms with E-state index in [1.165, 1.54) is 5.71 Å². The predicted octanol–water partition coefficient (Wildman–Crippen LogP) is 1.56. The molecule has 1 fully saturated rings. The van der Waals surface area contributed by atoms with Gasteiger partial charge in [0.1, 0.15) is 0 Å². The molecule has 0 N–H and O–H groups in total. The topological polar surface area (TPSA) is 15.6 Å². The van der Waals surface area contributed by atoms with E-state index >= 15 is 0 Å². The highest BCUT2D eigenvalue weighted by Gasteiger charge is 2.27. The third-order valence-corrected chi connectivity index (χ3v) is 2.06. The number of hydrogen-bond acceptors (Lipinski definition) is 2. The molecular formula is C9H18N2. The molecule has 0 aromatic heterocycles. The van der Waals surface area contributed by atoms with Crippen molar-refractivity contribution in [3.8, 4) is 0 Å². The zero-order valence-electron chi connectivity index (χ0n) is 7.96. The smallest absolute Gasteiger partial charge is 0.0752 e. The third kappa shape index (κ3) is 2.29. The SMILES string of the molecule is CC(C)=NC1CN(C(C)C)C1. The summed E-state index contributed by atoms with van der Waals surface area (Å²) >= 11 is 0. The molecule has 1 rings (SSSR count). The van der Waals surface area contributed by atoms with Gasteiger partial charge in [0.15, 0.2) is 0 Å². The molecule has 0 saturated carbocycles.